The van der Waals surface area contributed by atoms with Gasteiger partial charge in [0.15, 0.2) is 5.78 Å². The lowest BCUT2D eigenvalue weighted by atomic mass is 10.00. The van der Waals surface area contributed by atoms with E-state index >= 15 is 0 Å². The molecule has 3 heteroatoms. The average Bonchev–Trinajstić information content (AvgIpc) is 2.38. The summed E-state index contributed by atoms with van der Waals surface area (Å²) >= 11 is 0. The molecule has 0 bridgehead atoms. The Kier molecular flexibility index (Phi) is 3.11. The van der Waals surface area contributed by atoms with Gasteiger partial charge in [-0.25, -0.2) is 0 Å². The van der Waals surface area contributed by atoms with E-state index in [0.29, 0.717) is 11.1 Å². The molecule has 88 valence electrons. The third kappa shape index (κ3) is 2.38. The number of carbonyl (C=O) groups is 1. The molecule has 0 fully saturated rings. The van der Waals surface area contributed by atoms with Crippen molar-refractivity contribution in [2.24, 2.45) is 0 Å². The number of ketones is 1. The number of hydrogen-bond donors (Lipinski definition) is 1. The maximum Gasteiger partial charge on any atom is 0.159 e. The van der Waals surface area contributed by atoms with Crippen LogP contribution in [0.4, 0.5) is 0 Å². The van der Waals surface area contributed by atoms with Crippen LogP contribution in [0.1, 0.15) is 22.8 Å². The molecular formula is C15H11NO2. The molecule has 2 aromatic carbocycles. The number of hydrogen-bond acceptors (Lipinski definition) is 3. The van der Waals surface area contributed by atoms with Crippen molar-refractivity contribution in [3.8, 4) is 22.9 Å². The van der Waals surface area contributed by atoms with E-state index in [1.165, 1.54) is 13.0 Å². The largest absolute Gasteiger partial charge is 0.508 e. The normalized spacial score (nSPS) is 9.78. The first-order chi connectivity index (χ1) is 8.60. The van der Waals surface area contributed by atoms with Crippen molar-refractivity contribution in [1.82, 2.24) is 0 Å². The highest BCUT2D eigenvalue weighted by atomic mass is 16.3. The zero-order valence-corrected chi connectivity index (χ0v) is 9.84. The summed E-state index contributed by atoms with van der Waals surface area (Å²) in [6.07, 6.45) is 0. The molecule has 0 aliphatic carbocycles. The zero-order chi connectivity index (χ0) is 13.1. The van der Waals surface area contributed by atoms with Crippen molar-refractivity contribution >= 4 is 5.78 Å². The second-order valence-electron chi connectivity index (χ2n) is 4.02. The van der Waals surface area contributed by atoms with Crippen molar-refractivity contribution in [3.63, 3.8) is 0 Å². The molecule has 1 N–H and O–H groups in total. The number of aromatic hydroxyl groups is 1. The standard InChI is InChI=1S/C15H11NO2/c1-10(17)12-3-2-4-13(7-12)14-5-11(9-16)6-15(18)8-14/h2-8,18H,1H3. The third-order valence-electron chi connectivity index (χ3n) is 2.65. The molecule has 0 radical (unpaired) electrons. The van der Waals surface area contributed by atoms with Crippen LogP contribution in [-0.4, -0.2) is 10.9 Å². The van der Waals surface area contributed by atoms with Crippen molar-refractivity contribution in [2.75, 3.05) is 0 Å². The Bertz CT molecular complexity index is 654. The fourth-order valence-electron chi connectivity index (χ4n) is 1.76. The average molecular weight is 237 g/mol. The molecule has 2 rings (SSSR count). The van der Waals surface area contributed by atoms with E-state index < -0.39 is 0 Å². The van der Waals surface area contributed by atoms with Gasteiger partial charge >= 0.3 is 0 Å². The van der Waals surface area contributed by atoms with E-state index in [4.69, 9.17) is 5.26 Å². The molecule has 0 unspecified atom stereocenters. The lowest BCUT2D eigenvalue weighted by molar-refractivity contribution is 0.101. The molecule has 0 saturated carbocycles. The van der Waals surface area contributed by atoms with Crippen molar-refractivity contribution in [3.05, 3.63) is 53.6 Å². The summed E-state index contributed by atoms with van der Waals surface area (Å²) in [5.41, 5.74) is 2.51. The van der Waals surface area contributed by atoms with Gasteiger partial charge in [-0.2, -0.15) is 5.26 Å². The highest BCUT2D eigenvalue weighted by Gasteiger charge is 2.05. The van der Waals surface area contributed by atoms with Gasteiger partial charge in [0.2, 0.25) is 0 Å². The van der Waals surface area contributed by atoms with E-state index in [9.17, 15) is 9.90 Å². The van der Waals surface area contributed by atoms with Crippen LogP contribution in [0.25, 0.3) is 11.1 Å². The number of rotatable bonds is 2. The monoisotopic (exact) mass is 237 g/mol. The number of phenols is 1. The molecular weight excluding hydrogens is 226 g/mol. The summed E-state index contributed by atoms with van der Waals surface area (Å²) in [5.74, 6) is 0.0230. The predicted octanol–water partition coefficient (Wildman–Crippen LogP) is 3.13. The topological polar surface area (TPSA) is 61.1 Å². The van der Waals surface area contributed by atoms with Crippen molar-refractivity contribution < 1.29 is 9.90 Å². The Labute approximate surface area is 105 Å². The lowest BCUT2D eigenvalue weighted by Crippen LogP contribution is -1.91. The van der Waals surface area contributed by atoms with E-state index in [1.807, 2.05) is 12.1 Å². The maximum absolute atomic E-state index is 11.3. The molecule has 0 aliphatic rings. The van der Waals surface area contributed by atoms with Crippen molar-refractivity contribution in [1.29, 1.82) is 5.26 Å². The molecule has 0 atom stereocenters. The maximum atomic E-state index is 11.3. The van der Waals surface area contributed by atoms with Gasteiger partial charge in [-0.05, 0) is 42.3 Å². The highest BCUT2D eigenvalue weighted by molar-refractivity contribution is 5.95. The molecule has 0 aromatic heterocycles. The molecule has 0 aliphatic heterocycles. The number of phenolic OH excluding ortho intramolecular Hbond substituents is 1. The van der Waals surface area contributed by atoms with Gasteiger partial charge in [-0.15, -0.1) is 0 Å². The molecule has 0 saturated heterocycles. The quantitative estimate of drug-likeness (QED) is 0.816. The number of carbonyl (C=O) groups excluding carboxylic acids is 1. The number of nitrogens with zero attached hydrogens (tertiary/aromatic N) is 1. The van der Waals surface area contributed by atoms with Gasteiger partial charge in [0.05, 0.1) is 11.6 Å². The molecule has 2 aromatic rings. The summed E-state index contributed by atoms with van der Waals surface area (Å²) in [5, 5.41) is 18.4. The third-order valence-corrected chi connectivity index (χ3v) is 2.65. The number of Topliss-reactive ketones (excluding diaryl/α,β-unsaturated/α-hetero) is 1. The first-order valence-corrected chi connectivity index (χ1v) is 5.45. The Morgan fingerprint density at radius 1 is 1.17 bits per heavy atom. The second-order valence-corrected chi connectivity index (χ2v) is 4.02. The van der Waals surface area contributed by atoms with Crippen LogP contribution in [0.5, 0.6) is 5.75 Å². The van der Waals surface area contributed by atoms with Crippen LogP contribution < -0.4 is 0 Å². The fraction of sp³-hybridized carbons (Fsp3) is 0.0667. The molecule has 0 amide bonds. The number of benzene rings is 2. The Morgan fingerprint density at radius 2 is 1.94 bits per heavy atom. The summed E-state index contributed by atoms with van der Waals surface area (Å²) in [6, 6.07) is 13.7. The highest BCUT2D eigenvalue weighted by Crippen LogP contribution is 2.26. The summed E-state index contributed by atoms with van der Waals surface area (Å²) < 4.78 is 0. The van der Waals surface area contributed by atoms with Crippen LogP contribution in [0.3, 0.4) is 0 Å². The SMILES string of the molecule is CC(=O)c1cccc(-c2cc(O)cc(C#N)c2)c1. The number of nitriles is 1. The molecule has 0 spiro atoms. The van der Waals surface area contributed by atoms with Crippen molar-refractivity contribution in [2.45, 2.75) is 6.92 Å². The van der Waals surface area contributed by atoms with Gasteiger partial charge < -0.3 is 5.11 Å². The zero-order valence-electron chi connectivity index (χ0n) is 9.84. The molecule has 3 nitrogen and oxygen atoms in total. The first kappa shape index (κ1) is 11.9. The van der Waals surface area contributed by atoms with Crippen LogP contribution >= 0.6 is 0 Å². The van der Waals surface area contributed by atoms with E-state index in [0.717, 1.165) is 11.1 Å². The minimum Gasteiger partial charge on any atom is -0.508 e. The van der Waals surface area contributed by atoms with Crippen LogP contribution in [0.2, 0.25) is 0 Å². The second kappa shape index (κ2) is 4.72. The van der Waals surface area contributed by atoms with E-state index in [2.05, 4.69) is 0 Å². The fourth-order valence-corrected chi connectivity index (χ4v) is 1.76. The minimum absolute atomic E-state index is 0.0162. The minimum atomic E-state index is -0.0162. The van der Waals surface area contributed by atoms with Crippen LogP contribution in [0, 0.1) is 11.3 Å². The predicted molar refractivity (Wildman–Crippen MR) is 68.3 cm³/mol. The van der Waals surface area contributed by atoms with E-state index in [1.54, 1.807) is 30.3 Å². The van der Waals surface area contributed by atoms with Crippen LogP contribution in [-0.2, 0) is 0 Å². The van der Waals surface area contributed by atoms with Crippen LogP contribution in [0.15, 0.2) is 42.5 Å². The Balaban J connectivity index is 2.55. The first-order valence-electron chi connectivity index (χ1n) is 5.45. The Morgan fingerprint density at radius 3 is 2.61 bits per heavy atom. The Hall–Kier alpha value is -2.60. The van der Waals surface area contributed by atoms with E-state index in [-0.39, 0.29) is 11.5 Å². The van der Waals surface area contributed by atoms with Gasteiger partial charge in [0.1, 0.15) is 5.75 Å². The molecule has 18 heavy (non-hydrogen) atoms. The van der Waals surface area contributed by atoms with Gasteiger partial charge in [-0.1, -0.05) is 18.2 Å². The summed E-state index contributed by atoms with van der Waals surface area (Å²) in [6.45, 7) is 1.50. The molecule has 0 heterocycles. The smallest absolute Gasteiger partial charge is 0.159 e. The van der Waals surface area contributed by atoms with Gasteiger partial charge in [0.25, 0.3) is 0 Å². The van der Waals surface area contributed by atoms with Gasteiger partial charge in [-0.3, -0.25) is 4.79 Å². The van der Waals surface area contributed by atoms with Gasteiger partial charge in [0, 0.05) is 5.56 Å². The summed E-state index contributed by atoms with van der Waals surface area (Å²) in [7, 11) is 0. The summed E-state index contributed by atoms with van der Waals surface area (Å²) in [4.78, 5) is 11.3. The lowest BCUT2D eigenvalue weighted by Gasteiger charge is -2.05.